The molecule has 3 nitrogen and oxygen atoms in total. The highest BCUT2D eigenvalue weighted by molar-refractivity contribution is 6.02. The number of aromatic hydroxyl groups is 1. The standard InChI is InChI=1S/C17H14N2O/c20-17-11-10-13-6-4-5-9-15(13)16(17)12-18-19-14-7-2-1-3-8-14/h1-12,19-20H. The maximum Gasteiger partial charge on any atom is 0.125 e. The number of fused-ring (bicyclic) bond motifs is 1. The highest BCUT2D eigenvalue weighted by atomic mass is 16.3. The largest absolute Gasteiger partial charge is 0.507 e. The lowest BCUT2D eigenvalue weighted by Gasteiger charge is -2.05. The SMILES string of the molecule is Oc1ccc2ccccc2c1C=NNc1ccccc1. The van der Waals surface area contributed by atoms with E-state index in [1.165, 1.54) is 0 Å². The van der Waals surface area contributed by atoms with Gasteiger partial charge in [-0.05, 0) is 29.0 Å². The van der Waals surface area contributed by atoms with E-state index in [0.29, 0.717) is 5.56 Å². The Hall–Kier alpha value is -2.81. The van der Waals surface area contributed by atoms with Crippen LogP contribution in [0.25, 0.3) is 10.8 Å². The molecule has 0 aromatic heterocycles. The average molecular weight is 262 g/mol. The minimum Gasteiger partial charge on any atom is -0.507 e. The summed E-state index contributed by atoms with van der Waals surface area (Å²) in [6.45, 7) is 0. The van der Waals surface area contributed by atoms with E-state index in [-0.39, 0.29) is 5.75 Å². The molecule has 0 atom stereocenters. The topological polar surface area (TPSA) is 44.6 Å². The number of phenols is 1. The highest BCUT2D eigenvalue weighted by Gasteiger charge is 2.03. The average Bonchev–Trinajstić information content (AvgIpc) is 2.50. The van der Waals surface area contributed by atoms with Gasteiger partial charge in [-0.3, -0.25) is 5.43 Å². The predicted octanol–water partition coefficient (Wildman–Crippen LogP) is 3.99. The molecule has 0 bridgehead atoms. The number of hydrazone groups is 1. The van der Waals surface area contributed by atoms with Crippen molar-refractivity contribution in [2.45, 2.75) is 0 Å². The number of nitrogens with zero attached hydrogens (tertiary/aromatic N) is 1. The number of anilines is 1. The molecule has 0 spiro atoms. The molecular weight excluding hydrogens is 248 g/mol. The molecule has 3 heteroatoms. The maximum absolute atomic E-state index is 9.99. The van der Waals surface area contributed by atoms with Gasteiger partial charge in [-0.25, -0.2) is 0 Å². The normalized spacial score (nSPS) is 11.0. The van der Waals surface area contributed by atoms with Crippen LogP contribution in [0.5, 0.6) is 5.75 Å². The van der Waals surface area contributed by atoms with Crippen molar-refractivity contribution in [3.8, 4) is 5.75 Å². The van der Waals surface area contributed by atoms with Crippen LogP contribution in [0.4, 0.5) is 5.69 Å². The molecule has 3 rings (SSSR count). The lowest BCUT2D eigenvalue weighted by molar-refractivity contribution is 0.475. The van der Waals surface area contributed by atoms with E-state index in [9.17, 15) is 5.11 Å². The van der Waals surface area contributed by atoms with Gasteiger partial charge in [-0.2, -0.15) is 5.10 Å². The molecule has 2 N–H and O–H groups in total. The van der Waals surface area contributed by atoms with Crippen molar-refractivity contribution in [3.63, 3.8) is 0 Å². The van der Waals surface area contributed by atoms with Crippen molar-refractivity contribution in [1.82, 2.24) is 0 Å². The monoisotopic (exact) mass is 262 g/mol. The first-order chi connectivity index (χ1) is 9.84. The quantitative estimate of drug-likeness (QED) is 0.553. The molecule has 3 aromatic rings. The Bertz CT molecular complexity index is 751. The van der Waals surface area contributed by atoms with E-state index >= 15 is 0 Å². The third kappa shape index (κ3) is 2.47. The van der Waals surface area contributed by atoms with Crippen molar-refractivity contribution in [2.75, 3.05) is 5.43 Å². The van der Waals surface area contributed by atoms with Crippen LogP contribution in [-0.4, -0.2) is 11.3 Å². The fourth-order valence-electron chi connectivity index (χ4n) is 2.10. The van der Waals surface area contributed by atoms with Gasteiger partial charge in [0.15, 0.2) is 0 Å². The lowest BCUT2D eigenvalue weighted by atomic mass is 10.0. The van der Waals surface area contributed by atoms with Gasteiger partial charge in [-0.1, -0.05) is 48.5 Å². The Labute approximate surface area is 117 Å². The summed E-state index contributed by atoms with van der Waals surface area (Å²) < 4.78 is 0. The van der Waals surface area contributed by atoms with Gasteiger partial charge in [0.1, 0.15) is 5.75 Å². The molecule has 0 fully saturated rings. The molecule has 20 heavy (non-hydrogen) atoms. The molecule has 0 heterocycles. The number of hydrogen-bond donors (Lipinski definition) is 2. The first-order valence-corrected chi connectivity index (χ1v) is 6.39. The minimum absolute atomic E-state index is 0.224. The number of rotatable bonds is 3. The van der Waals surface area contributed by atoms with Crippen LogP contribution in [-0.2, 0) is 0 Å². The Morgan fingerprint density at radius 1 is 0.850 bits per heavy atom. The predicted molar refractivity (Wildman–Crippen MR) is 83.3 cm³/mol. The van der Waals surface area contributed by atoms with Gasteiger partial charge in [0.25, 0.3) is 0 Å². The van der Waals surface area contributed by atoms with E-state index in [1.807, 2.05) is 60.7 Å². The van der Waals surface area contributed by atoms with Crippen LogP contribution >= 0.6 is 0 Å². The molecule has 0 aliphatic carbocycles. The summed E-state index contributed by atoms with van der Waals surface area (Å²) >= 11 is 0. The molecule has 0 radical (unpaired) electrons. The van der Waals surface area contributed by atoms with Crippen LogP contribution in [0, 0.1) is 0 Å². The number of nitrogens with one attached hydrogen (secondary N) is 1. The zero-order valence-electron chi connectivity index (χ0n) is 10.8. The van der Waals surface area contributed by atoms with Crippen molar-refractivity contribution < 1.29 is 5.11 Å². The molecule has 0 aliphatic heterocycles. The molecule has 3 aromatic carbocycles. The number of benzene rings is 3. The minimum atomic E-state index is 0.224. The zero-order chi connectivity index (χ0) is 13.8. The Kier molecular flexibility index (Phi) is 3.33. The molecule has 0 saturated heterocycles. The highest BCUT2D eigenvalue weighted by Crippen LogP contribution is 2.25. The Balaban J connectivity index is 1.92. The van der Waals surface area contributed by atoms with Crippen LogP contribution in [0.1, 0.15) is 5.56 Å². The fraction of sp³-hybridized carbons (Fsp3) is 0. The van der Waals surface area contributed by atoms with Crippen molar-refractivity contribution in [2.24, 2.45) is 5.10 Å². The maximum atomic E-state index is 9.99. The summed E-state index contributed by atoms with van der Waals surface area (Å²) in [6, 6.07) is 21.2. The molecule has 0 aliphatic rings. The van der Waals surface area contributed by atoms with Crippen LogP contribution < -0.4 is 5.43 Å². The number of hydrogen-bond acceptors (Lipinski definition) is 3. The van der Waals surface area contributed by atoms with Gasteiger partial charge in [-0.15, -0.1) is 0 Å². The van der Waals surface area contributed by atoms with Crippen LogP contribution in [0.15, 0.2) is 71.8 Å². The molecule has 0 unspecified atom stereocenters. The van der Waals surface area contributed by atoms with Crippen molar-refractivity contribution >= 4 is 22.7 Å². The summed E-state index contributed by atoms with van der Waals surface area (Å²) in [5, 5.41) is 16.2. The van der Waals surface area contributed by atoms with Gasteiger partial charge >= 0.3 is 0 Å². The van der Waals surface area contributed by atoms with E-state index in [0.717, 1.165) is 16.5 Å². The third-order valence-electron chi connectivity index (χ3n) is 3.11. The molecule has 98 valence electrons. The zero-order valence-corrected chi connectivity index (χ0v) is 10.8. The molecule has 0 saturated carbocycles. The summed E-state index contributed by atoms with van der Waals surface area (Å²) in [6.07, 6.45) is 1.64. The number of phenolic OH excluding ortho intramolecular Hbond substituents is 1. The first kappa shape index (κ1) is 12.2. The van der Waals surface area contributed by atoms with E-state index < -0.39 is 0 Å². The van der Waals surface area contributed by atoms with Gasteiger partial charge in [0.2, 0.25) is 0 Å². The lowest BCUT2D eigenvalue weighted by Crippen LogP contribution is -1.91. The third-order valence-corrected chi connectivity index (χ3v) is 3.11. The summed E-state index contributed by atoms with van der Waals surface area (Å²) in [5.41, 5.74) is 4.56. The Morgan fingerprint density at radius 3 is 2.45 bits per heavy atom. The fourth-order valence-corrected chi connectivity index (χ4v) is 2.10. The van der Waals surface area contributed by atoms with E-state index in [2.05, 4.69) is 10.5 Å². The van der Waals surface area contributed by atoms with Gasteiger partial charge in [0, 0.05) is 5.56 Å². The van der Waals surface area contributed by atoms with E-state index in [4.69, 9.17) is 0 Å². The first-order valence-electron chi connectivity index (χ1n) is 6.39. The van der Waals surface area contributed by atoms with E-state index in [1.54, 1.807) is 12.3 Å². The summed E-state index contributed by atoms with van der Waals surface area (Å²) in [7, 11) is 0. The van der Waals surface area contributed by atoms with Gasteiger partial charge in [0.05, 0.1) is 11.9 Å². The van der Waals surface area contributed by atoms with Gasteiger partial charge < -0.3 is 5.11 Å². The smallest absolute Gasteiger partial charge is 0.125 e. The summed E-state index contributed by atoms with van der Waals surface area (Å²) in [4.78, 5) is 0. The van der Waals surface area contributed by atoms with Crippen molar-refractivity contribution in [3.05, 3.63) is 72.3 Å². The summed E-state index contributed by atoms with van der Waals surface area (Å²) in [5.74, 6) is 0.224. The number of para-hydroxylation sites is 1. The second-order valence-electron chi connectivity index (χ2n) is 4.46. The second-order valence-corrected chi connectivity index (χ2v) is 4.46. The van der Waals surface area contributed by atoms with Crippen LogP contribution in [0.2, 0.25) is 0 Å². The second kappa shape index (κ2) is 5.45. The Morgan fingerprint density at radius 2 is 1.60 bits per heavy atom. The molecular formula is C17H14N2O. The van der Waals surface area contributed by atoms with Crippen LogP contribution in [0.3, 0.4) is 0 Å². The molecule has 0 amide bonds. The van der Waals surface area contributed by atoms with Crippen molar-refractivity contribution in [1.29, 1.82) is 0 Å².